The maximum atomic E-state index is 11.4. The molecule has 14 heavy (non-hydrogen) atoms. The first kappa shape index (κ1) is 11.3. The van der Waals surface area contributed by atoms with Gasteiger partial charge in [-0.15, -0.1) is 6.58 Å². The quantitative estimate of drug-likeness (QED) is 0.512. The highest BCUT2D eigenvalue weighted by atomic mass is 16.5. The van der Waals surface area contributed by atoms with Crippen LogP contribution in [-0.4, -0.2) is 12.1 Å². The number of carbonyl (C=O) groups is 1. The normalized spacial score (nSPS) is 34.8. The highest BCUT2D eigenvalue weighted by Gasteiger charge is 2.35. The Kier molecular flexibility index (Phi) is 3.73. The smallest absolute Gasteiger partial charge is 0.308 e. The van der Waals surface area contributed by atoms with E-state index in [0.717, 1.165) is 12.8 Å². The predicted molar refractivity (Wildman–Crippen MR) is 56.8 cm³/mol. The maximum Gasteiger partial charge on any atom is 0.308 e. The minimum atomic E-state index is -0.0380. The third-order valence-corrected chi connectivity index (χ3v) is 3.04. The Morgan fingerprint density at radius 3 is 2.86 bits per heavy atom. The molecule has 0 saturated carbocycles. The van der Waals surface area contributed by atoms with Crippen LogP contribution in [0.15, 0.2) is 12.7 Å². The summed E-state index contributed by atoms with van der Waals surface area (Å²) < 4.78 is 5.44. The summed E-state index contributed by atoms with van der Waals surface area (Å²) in [6.07, 6.45) is 3.84. The van der Waals surface area contributed by atoms with E-state index in [2.05, 4.69) is 20.4 Å². The molecule has 4 atom stereocenters. The molecule has 0 unspecified atom stereocenters. The van der Waals surface area contributed by atoms with E-state index in [4.69, 9.17) is 4.74 Å². The van der Waals surface area contributed by atoms with Crippen molar-refractivity contribution in [2.45, 2.75) is 39.7 Å². The van der Waals surface area contributed by atoms with Gasteiger partial charge in [0.25, 0.3) is 0 Å². The zero-order valence-electron chi connectivity index (χ0n) is 9.32. The van der Waals surface area contributed by atoms with Gasteiger partial charge in [-0.3, -0.25) is 4.79 Å². The summed E-state index contributed by atoms with van der Waals surface area (Å²) in [6, 6.07) is 0. The van der Waals surface area contributed by atoms with Crippen LogP contribution < -0.4 is 0 Å². The summed E-state index contributed by atoms with van der Waals surface area (Å²) in [7, 11) is 0. The number of rotatable bonds is 3. The topological polar surface area (TPSA) is 26.3 Å². The Balaban J connectivity index is 2.60. The lowest BCUT2D eigenvalue weighted by atomic mass is 9.83. The van der Waals surface area contributed by atoms with Crippen molar-refractivity contribution in [3.8, 4) is 0 Å². The maximum absolute atomic E-state index is 11.4. The van der Waals surface area contributed by atoms with Crippen LogP contribution in [-0.2, 0) is 9.53 Å². The minimum absolute atomic E-state index is 0.0380. The summed E-state index contributed by atoms with van der Waals surface area (Å²) >= 11 is 0. The van der Waals surface area contributed by atoms with Crippen molar-refractivity contribution in [3.05, 3.63) is 12.7 Å². The third-order valence-electron chi connectivity index (χ3n) is 3.04. The van der Waals surface area contributed by atoms with Crippen molar-refractivity contribution < 1.29 is 9.53 Å². The molecule has 2 nitrogen and oxygen atoms in total. The second-order valence-electron chi connectivity index (χ2n) is 4.52. The van der Waals surface area contributed by atoms with Crippen molar-refractivity contribution in [2.24, 2.45) is 17.8 Å². The van der Waals surface area contributed by atoms with Gasteiger partial charge in [0, 0.05) is 0 Å². The number of ether oxygens (including phenoxy) is 1. The Morgan fingerprint density at radius 2 is 2.29 bits per heavy atom. The lowest BCUT2D eigenvalue weighted by molar-refractivity contribution is -0.168. The van der Waals surface area contributed by atoms with E-state index < -0.39 is 0 Å². The Hall–Kier alpha value is -0.790. The molecule has 0 bridgehead atoms. The number of esters is 1. The van der Waals surface area contributed by atoms with Crippen molar-refractivity contribution in [1.29, 1.82) is 0 Å². The number of hydrogen-bond acceptors (Lipinski definition) is 2. The molecule has 0 spiro atoms. The largest absolute Gasteiger partial charge is 0.462 e. The van der Waals surface area contributed by atoms with Gasteiger partial charge in [-0.1, -0.05) is 26.8 Å². The van der Waals surface area contributed by atoms with Crippen LogP contribution in [0.25, 0.3) is 0 Å². The molecule has 80 valence electrons. The molecule has 0 aromatic carbocycles. The van der Waals surface area contributed by atoms with Gasteiger partial charge in [0.15, 0.2) is 0 Å². The molecule has 1 heterocycles. The molecule has 2 heteroatoms. The summed E-state index contributed by atoms with van der Waals surface area (Å²) in [5.74, 6) is 0.887. The van der Waals surface area contributed by atoms with Gasteiger partial charge in [-0.2, -0.15) is 0 Å². The number of allylic oxidation sites excluding steroid dienone is 1. The van der Waals surface area contributed by atoms with Crippen LogP contribution in [0.1, 0.15) is 33.6 Å². The van der Waals surface area contributed by atoms with Crippen molar-refractivity contribution >= 4 is 5.97 Å². The van der Waals surface area contributed by atoms with E-state index in [-0.39, 0.29) is 18.0 Å². The van der Waals surface area contributed by atoms with Crippen LogP contribution in [0.3, 0.4) is 0 Å². The van der Waals surface area contributed by atoms with Crippen LogP contribution in [0.5, 0.6) is 0 Å². The van der Waals surface area contributed by atoms with Gasteiger partial charge in [-0.05, 0) is 24.7 Å². The van der Waals surface area contributed by atoms with E-state index in [1.165, 1.54) is 0 Å². The Bertz CT molecular complexity index is 222. The van der Waals surface area contributed by atoms with Gasteiger partial charge in [0.05, 0.1) is 5.92 Å². The van der Waals surface area contributed by atoms with E-state index in [9.17, 15) is 4.79 Å². The van der Waals surface area contributed by atoms with E-state index >= 15 is 0 Å². The minimum Gasteiger partial charge on any atom is -0.462 e. The first-order chi connectivity index (χ1) is 6.56. The zero-order valence-corrected chi connectivity index (χ0v) is 9.32. The first-order valence-electron chi connectivity index (χ1n) is 5.37. The van der Waals surface area contributed by atoms with Gasteiger partial charge in [0.2, 0.25) is 0 Å². The highest BCUT2D eigenvalue weighted by Crippen LogP contribution is 2.31. The number of carbonyl (C=O) groups excluding carboxylic acids is 1. The fraction of sp³-hybridized carbons (Fsp3) is 0.750. The molecular weight excluding hydrogens is 176 g/mol. The summed E-state index contributed by atoms with van der Waals surface area (Å²) in [4.78, 5) is 11.4. The average Bonchev–Trinajstić information content (AvgIpc) is 2.11. The van der Waals surface area contributed by atoms with Crippen molar-refractivity contribution in [1.82, 2.24) is 0 Å². The van der Waals surface area contributed by atoms with Gasteiger partial charge < -0.3 is 4.74 Å². The number of cyclic esters (lactones) is 1. The van der Waals surface area contributed by atoms with Crippen LogP contribution in [0, 0.1) is 17.8 Å². The van der Waals surface area contributed by atoms with E-state index in [0.29, 0.717) is 11.8 Å². The molecule has 1 aliphatic heterocycles. The fourth-order valence-electron chi connectivity index (χ4n) is 2.23. The Morgan fingerprint density at radius 1 is 1.64 bits per heavy atom. The summed E-state index contributed by atoms with van der Waals surface area (Å²) in [5, 5.41) is 0. The van der Waals surface area contributed by atoms with Gasteiger partial charge >= 0.3 is 5.97 Å². The molecule has 1 fully saturated rings. The molecule has 0 radical (unpaired) electrons. The zero-order chi connectivity index (χ0) is 10.7. The molecule has 0 aromatic heterocycles. The average molecular weight is 196 g/mol. The highest BCUT2D eigenvalue weighted by molar-refractivity contribution is 5.73. The van der Waals surface area contributed by atoms with Crippen molar-refractivity contribution in [3.63, 3.8) is 0 Å². The molecule has 0 N–H and O–H groups in total. The molecule has 0 amide bonds. The lowest BCUT2D eigenvalue weighted by Crippen LogP contribution is -2.39. The fourth-order valence-corrected chi connectivity index (χ4v) is 2.23. The van der Waals surface area contributed by atoms with Gasteiger partial charge in [0.1, 0.15) is 6.10 Å². The van der Waals surface area contributed by atoms with E-state index in [1.54, 1.807) is 0 Å². The molecule has 0 aliphatic carbocycles. The SMILES string of the molecule is C=CC[C@H](C)[C@@H]1OC(=O)[C@H](C)C[C@@H]1C. The second kappa shape index (κ2) is 4.63. The summed E-state index contributed by atoms with van der Waals surface area (Å²) in [6.45, 7) is 9.93. The molecular formula is C12H20O2. The van der Waals surface area contributed by atoms with Crippen LogP contribution >= 0.6 is 0 Å². The molecule has 1 rings (SSSR count). The molecule has 0 aromatic rings. The summed E-state index contributed by atoms with van der Waals surface area (Å²) in [5.41, 5.74) is 0. The van der Waals surface area contributed by atoms with E-state index in [1.807, 2.05) is 13.0 Å². The third kappa shape index (κ3) is 2.37. The standard InChI is InChI=1S/C12H20O2/c1-5-6-8(2)11-9(3)7-10(4)12(13)14-11/h5,8-11H,1,6-7H2,2-4H3/t8-,9-,10+,11-/m0/s1. The Labute approximate surface area is 86.3 Å². The predicted octanol–water partition coefficient (Wildman–Crippen LogP) is 2.79. The molecule has 1 saturated heterocycles. The van der Waals surface area contributed by atoms with Crippen LogP contribution in [0.2, 0.25) is 0 Å². The van der Waals surface area contributed by atoms with Crippen molar-refractivity contribution in [2.75, 3.05) is 0 Å². The monoisotopic (exact) mass is 196 g/mol. The lowest BCUT2D eigenvalue weighted by Gasteiger charge is -2.35. The van der Waals surface area contributed by atoms with Gasteiger partial charge in [-0.25, -0.2) is 0 Å². The number of hydrogen-bond donors (Lipinski definition) is 0. The molecule has 1 aliphatic rings. The first-order valence-corrected chi connectivity index (χ1v) is 5.37. The van der Waals surface area contributed by atoms with Crippen LogP contribution in [0.4, 0.5) is 0 Å². The second-order valence-corrected chi connectivity index (χ2v) is 4.52.